The molecular formula is C13H16N4O2. The molecule has 0 radical (unpaired) electrons. The molecule has 6 nitrogen and oxygen atoms in total. The first-order chi connectivity index (χ1) is 9.29. The fourth-order valence-electron chi connectivity index (χ4n) is 2.30. The molecule has 2 heterocycles. The SMILES string of the molecule is CNC(c1cnnn1C)C1COc2ccccc2O1. The number of nitrogens with one attached hydrogen (secondary N) is 1. The van der Waals surface area contributed by atoms with E-state index in [1.807, 2.05) is 38.4 Å². The van der Waals surface area contributed by atoms with E-state index in [2.05, 4.69) is 15.6 Å². The Hall–Kier alpha value is -2.08. The molecule has 6 heteroatoms. The molecule has 3 rings (SSSR count). The van der Waals surface area contributed by atoms with E-state index in [0.717, 1.165) is 17.2 Å². The molecule has 2 atom stereocenters. The fraction of sp³-hybridized carbons (Fsp3) is 0.385. The fourth-order valence-corrected chi connectivity index (χ4v) is 2.30. The van der Waals surface area contributed by atoms with Gasteiger partial charge in [0.2, 0.25) is 0 Å². The van der Waals surface area contributed by atoms with Crippen LogP contribution in [-0.2, 0) is 7.05 Å². The van der Waals surface area contributed by atoms with Crippen LogP contribution < -0.4 is 14.8 Å². The highest BCUT2D eigenvalue weighted by molar-refractivity contribution is 5.41. The topological polar surface area (TPSA) is 61.2 Å². The smallest absolute Gasteiger partial charge is 0.161 e. The van der Waals surface area contributed by atoms with Gasteiger partial charge in [-0.3, -0.25) is 4.68 Å². The number of rotatable bonds is 3. The largest absolute Gasteiger partial charge is 0.486 e. The Labute approximate surface area is 111 Å². The molecular weight excluding hydrogens is 244 g/mol. The third-order valence-electron chi connectivity index (χ3n) is 3.28. The van der Waals surface area contributed by atoms with Crippen molar-refractivity contribution in [1.82, 2.24) is 20.3 Å². The predicted octanol–water partition coefficient (Wildman–Crippen LogP) is 0.916. The third-order valence-corrected chi connectivity index (χ3v) is 3.28. The molecule has 1 N–H and O–H groups in total. The minimum Gasteiger partial charge on any atom is -0.486 e. The van der Waals surface area contributed by atoms with Crippen LogP contribution in [0, 0.1) is 0 Å². The molecule has 0 saturated carbocycles. The molecule has 0 amide bonds. The van der Waals surface area contributed by atoms with Gasteiger partial charge in [0.15, 0.2) is 17.6 Å². The predicted molar refractivity (Wildman–Crippen MR) is 69.2 cm³/mol. The Balaban J connectivity index is 1.85. The molecule has 0 aliphatic carbocycles. The van der Waals surface area contributed by atoms with Crippen LogP contribution in [-0.4, -0.2) is 34.8 Å². The quantitative estimate of drug-likeness (QED) is 0.889. The van der Waals surface area contributed by atoms with E-state index in [9.17, 15) is 0 Å². The molecule has 0 fully saturated rings. The van der Waals surface area contributed by atoms with E-state index >= 15 is 0 Å². The number of para-hydroxylation sites is 2. The molecule has 0 saturated heterocycles. The first-order valence-electron chi connectivity index (χ1n) is 6.20. The van der Waals surface area contributed by atoms with Crippen LogP contribution in [0.15, 0.2) is 30.5 Å². The van der Waals surface area contributed by atoms with Gasteiger partial charge in [-0.15, -0.1) is 5.10 Å². The number of ether oxygens (including phenoxy) is 2. The van der Waals surface area contributed by atoms with Crippen molar-refractivity contribution in [2.45, 2.75) is 12.1 Å². The van der Waals surface area contributed by atoms with E-state index in [0.29, 0.717) is 6.61 Å². The van der Waals surface area contributed by atoms with Crippen molar-refractivity contribution < 1.29 is 9.47 Å². The first-order valence-corrected chi connectivity index (χ1v) is 6.20. The highest BCUT2D eigenvalue weighted by atomic mass is 16.6. The number of aryl methyl sites for hydroxylation is 1. The van der Waals surface area contributed by atoms with Crippen LogP contribution in [0.2, 0.25) is 0 Å². The van der Waals surface area contributed by atoms with Crippen LogP contribution in [0.25, 0.3) is 0 Å². The lowest BCUT2D eigenvalue weighted by Crippen LogP contribution is -2.41. The van der Waals surface area contributed by atoms with Gasteiger partial charge in [-0.25, -0.2) is 0 Å². The van der Waals surface area contributed by atoms with Crippen molar-refractivity contribution in [3.05, 3.63) is 36.2 Å². The number of benzene rings is 1. The summed E-state index contributed by atoms with van der Waals surface area (Å²) < 4.78 is 13.5. The highest BCUT2D eigenvalue weighted by Gasteiger charge is 2.31. The molecule has 1 aliphatic heterocycles. The molecule has 2 aromatic rings. The molecule has 100 valence electrons. The molecule has 1 aromatic heterocycles. The zero-order valence-electron chi connectivity index (χ0n) is 10.9. The molecule has 1 aromatic carbocycles. The molecule has 0 bridgehead atoms. The number of aromatic nitrogens is 3. The van der Waals surface area contributed by atoms with Gasteiger partial charge in [-0.2, -0.15) is 0 Å². The molecule has 19 heavy (non-hydrogen) atoms. The number of hydrogen-bond donors (Lipinski definition) is 1. The summed E-state index contributed by atoms with van der Waals surface area (Å²) in [5.74, 6) is 1.56. The summed E-state index contributed by atoms with van der Waals surface area (Å²) in [6, 6.07) is 7.67. The van der Waals surface area contributed by atoms with E-state index < -0.39 is 0 Å². The van der Waals surface area contributed by atoms with Gasteiger partial charge in [-0.05, 0) is 19.2 Å². The van der Waals surface area contributed by atoms with Crippen LogP contribution in [0.1, 0.15) is 11.7 Å². The summed E-state index contributed by atoms with van der Waals surface area (Å²) in [7, 11) is 3.76. The molecule has 0 spiro atoms. The van der Waals surface area contributed by atoms with Crippen LogP contribution >= 0.6 is 0 Å². The maximum atomic E-state index is 6.01. The van der Waals surface area contributed by atoms with Crippen LogP contribution in [0.4, 0.5) is 0 Å². The van der Waals surface area contributed by atoms with E-state index in [4.69, 9.17) is 9.47 Å². The minimum absolute atomic E-state index is 0.0200. The Morgan fingerprint density at radius 1 is 1.37 bits per heavy atom. The number of fused-ring (bicyclic) bond motifs is 1. The van der Waals surface area contributed by atoms with Gasteiger partial charge in [-0.1, -0.05) is 17.3 Å². The van der Waals surface area contributed by atoms with Crippen molar-refractivity contribution in [2.75, 3.05) is 13.7 Å². The van der Waals surface area contributed by atoms with Gasteiger partial charge in [0.1, 0.15) is 6.61 Å². The van der Waals surface area contributed by atoms with Crippen molar-refractivity contribution >= 4 is 0 Å². The summed E-state index contributed by atoms with van der Waals surface area (Å²) in [5.41, 5.74) is 0.968. The summed E-state index contributed by atoms with van der Waals surface area (Å²) >= 11 is 0. The van der Waals surface area contributed by atoms with E-state index in [1.165, 1.54) is 0 Å². The molecule has 2 unspecified atom stereocenters. The first kappa shape index (κ1) is 12.0. The molecule has 1 aliphatic rings. The lowest BCUT2D eigenvalue weighted by molar-refractivity contribution is 0.0617. The third kappa shape index (κ3) is 2.15. The van der Waals surface area contributed by atoms with Crippen molar-refractivity contribution in [3.63, 3.8) is 0 Å². The highest BCUT2D eigenvalue weighted by Crippen LogP contribution is 2.33. The van der Waals surface area contributed by atoms with Crippen molar-refractivity contribution in [2.24, 2.45) is 7.05 Å². The lowest BCUT2D eigenvalue weighted by Gasteiger charge is -2.31. The normalized spacial score (nSPS) is 19.2. The maximum absolute atomic E-state index is 6.01. The monoisotopic (exact) mass is 260 g/mol. The maximum Gasteiger partial charge on any atom is 0.161 e. The Morgan fingerprint density at radius 2 is 2.16 bits per heavy atom. The summed E-state index contributed by atoms with van der Waals surface area (Å²) in [6.07, 6.45) is 1.63. The number of hydrogen-bond acceptors (Lipinski definition) is 5. The lowest BCUT2D eigenvalue weighted by atomic mass is 10.1. The van der Waals surface area contributed by atoms with Gasteiger partial charge in [0, 0.05) is 7.05 Å². The van der Waals surface area contributed by atoms with E-state index in [-0.39, 0.29) is 12.1 Å². The van der Waals surface area contributed by atoms with Crippen molar-refractivity contribution in [1.29, 1.82) is 0 Å². The standard InChI is InChI=1S/C13H16N4O2/c1-14-13(9-7-15-16-17(9)2)12-8-18-10-5-3-4-6-11(10)19-12/h3-7,12-14H,8H2,1-2H3. The zero-order valence-corrected chi connectivity index (χ0v) is 10.9. The zero-order chi connectivity index (χ0) is 13.2. The van der Waals surface area contributed by atoms with Gasteiger partial charge in [0.05, 0.1) is 17.9 Å². The van der Waals surface area contributed by atoms with Crippen molar-refractivity contribution in [3.8, 4) is 11.5 Å². The number of likely N-dealkylation sites (N-methyl/N-ethyl adjacent to an activating group) is 1. The summed E-state index contributed by atoms with van der Waals surface area (Å²) in [6.45, 7) is 0.494. The Bertz CT molecular complexity index is 569. The Morgan fingerprint density at radius 3 is 2.84 bits per heavy atom. The van der Waals surface area contributed by atoms with E-state index in [1.54, 1.807) is 10.9 Å². The second kappa shape index (κ2) is 4.89. The number of nitrogens with zero attached hydrogens (tertiary/aromatic N) is 3. The summed E-state index contributed by atoms with van der Waals surface area (Å²) in [4.78, 5) is 0. The van der Waals surface area contributed by atoms with Gasteiger partial charge < -0.3 is 14.8 Å². The van der Waals surface area contributed by atoms with Gasteiger partial charge in [0.25, 0.3) is 0 Å². The average molecular weight is 260 g/mol. The average Bonchev–Trinajstić information content (AvgIpc) is 2.86. The second-order valence-electron chi connectivity index (χ2n) is 4.46. The minimum atomic E-state index is -0.114. The Kier molecular flexibility index (Phi) is 3.08. The summed E-state index contributed by atoms with van der Waals surface area (Å²) in [5, 5.41) is 11.1. The van der Waals surface area contributed by atoms with Crippen LogP contribution in [0.3, 0.4) is 0 Å². The van der Waals surface area contributed by atoms with Gasteiger partial charge >= 0.3 is 0 Å². The van der Waals surface area contributed by atoms with Crippen LogP contribution in [0.5, 0.6) is 11.5 Å². The second-order valence-corrected chi connectivity index (χ2v) is 4.46.